The highest BCUT2D eigenvalue weighted by atomic mass is 16.5. The Morgan fingerprint density at radius 3 is 2.80 bits per heavy atom. The third-order valence-corrected chi connectivity index (χ3v) is 2.51. The number of aryl methyl sites for hydroxylation is 2. The van der Waals surface area contributed by atoms with Gasteiger partial charge >= 0.3 is 0 Å². The van der Waals surface area contributed by atoms with Crippen LogP contribution in [0.5, 0.6) is 5.75 Å². The van der Waals surface area contributed by atoms with Crippen molar-refractivity contribution in [1.29, 1.82) is 0 Å². The highest BCUT2D eigenvalue weighted by molar-refractivity contribution is 5.49. The van der Waals surface area contributed by atoms with Crippen LogP contribution in [0.1, 0.15) is 30.9 Å². The quantitative estimate of drug-likeness (QED) is 0.528. The summed E-state index contributed by atoms with van der Waals surface area (Å²) in [5, 5.41) is 0. The standard InChI is InChI=1S/C13H18O2/c1-3-12-10-11(6-4-5-9-14)7-8-13(12)15-2/h7-10H,3-6H2,1-2H3. The number of carbonyl (C=O) groups is 1. The van der Waals surface area contributed by atoms with Crippen molar-refractivity contribution in [3.05, 3.63) is 29.3 Å². The summed E-state index contributed by atoms with van der Waals surface area (Å²) in [6.45, 7) is 2.12. The Kier molecular flexibility index (Phi) is 4.88. The fraction of sp³-hybridized carbons (Fsp3) is 0.462. The summed E-state index contributed by atoms with van der Waals surface area (Å²) in [6.07, 6.45) is 4.50. The second kappa shape index (κ2) is 6.23. The van der Waals surface area contributed by atoms with Crippen molar-refractivity contribution >= 4 is 6.29 Å². The first-order chi connectivity index (χ1) is 7.31. The Bertz CT molecular complexity index is 318. The van der Waals surface area contributed by atoms with Gasteiger partial charge in [0, 0.05) is 6.42 Å². The van der Waals surface area contributed by atoms with Crippen molar-refractivity contribution in [2.24, 2.45) is 0 Å². The fourth-order valence-corrected chi connectivity index (χ4v) is 1.65. The molecule has 0 atom stereocenters. The van der Waals surface area contributed by atoms with E-state index in [2.05, 4.69) is 19.1 Å². The minimum absolute atomic E-state index is 0.646. The molecule has 2 nitrogen and oxygen atoms in total. The maximum Gasteiger partial charge on any atom is 0.122 e. The number of aldehydes is 1. The molecule has 15 heavy (non-hydrogen) atoms. The van der Waals surface area contributed by atoms with Crippen LogP contribution in [0.25, 0.3) is 0 Å². The molecular weight excluding hydrogens is 188 g/mol. The average Bonchev–Trinajstić information content (AvgIpc) is 2.29. The van der Waals surface area contributed by atoms with E-state index in [1.54, 1.807) is 7.11 Å². The molecule has 1 rings (SSSR count). The molecule has 0 unspecified atom stereocenters. The van der Waals surface area contributed by atoms with Crippen molar-refractivity contribution in [3.8, 4) is 5.75 Å². The zero-order valence-corrected chi connectivity index (χ0v) is 9.45. The molecule has 0 aliphatic heterocycles. The Morgan fingerprint density at radius 2 is 2.20 bits per heavy atom. The van der Waals surface area contributed by atoms with Crippen molar-refractivity contribution < 1.29 is 9.53 Å². The van der Waals surface area contributed by atoms with Crippen LogP contribution in [0, 0.1) is 0 Å². The van der Waals surface area contributed by atoms with Gasteiger partial charge in [-0.1, -0.05) is 19.1 Å². The molecule has 0 fully saturated rings. The Morgan fingerprint density at radius 1 is 1.40 bits per heavy atom. The van der Waals surface area contributed by atoms with Crippen LogP contribution >= 0.6 is 0 Å². The number of benzene rings is 1. The predicted octanol–water partition coefficient (Wildman–Crippen LogP) is 2.78. The zero-order chi connectivity index (χ0) is 11.1. The number of carbonyl (C=O) groups excluding carboxylic acids is 1. The molecule has 0 aromatic heterocycles. The molecule has 0 saturated heterocycles. The maximum absolute atomic E-state index is 10.2. The second-order valence-corrected chi connectivity index (χ2v) is 3.56. The van der Waals surface area contributed by atoms with Gasteiger partial charge in [0.25, 0.3) is 0 Å². The van der Waals surface area contributed by atoms with Crippen LogP contribution in [0.3, 0.4) is 0 Å². The fourth-order valence-electron chi connectivity index (χ4n) is 1.65. The van der Waals surface area contributed by atoms with Crippen LogP contribution in [0.15, 0.2) is 18.2 Å². The monoisotopic (exact) mass is 206 g/mol. The van der Waals surface area contributed by atoms with Gasteiger partial charge in [0.2, 0.25) is 0 Å². The lowest BCUT2D eigenvalue weighted by Crippen LogP contribution is -1.93. The normalized spacial score (nSPS) is 10.0. The van der Waals surface area contributed by atoms with Crippen LogP contribution < -0.4 is 4.74 Å². The lowest BCUT2D eigenvalue weighted by atomic mass is 10.0. The van der Waals surface area contributed by atoms with Gasteiger partial charge in [-0.05, 0) is 36.5 Å². The van der Waals surface area contributed by atoms with Gasteiger partial charge in [-0.2, -0.15) is 0 Å². The number of hydrogen-bond acceptors (Lipinski definition) is 2. The van der Waals surface area contributed by atoms with E-state index in [4.69, 9.17) is 4.74 Å². The van der Waals surface area contributed by atoms with Crippen molar-refractivity contribution in [2.45, 2.75) is 32.6 Å². The molecule has 0 heterocycles. The Balaban J connectivity index is 2.69. The SMILES string of the molecule is CCc1cc(CCCC=O)ccc1OC. The molecule has 0 N–H and O–H groups in total. The van der Waals surface area contributed by atoms with Crippen molar-refractivity contribution in [3.63, 3.8) is 0 Å². The number of unbranched alkanes of at least 4 members (excludes halogenated alkanes) is 1. The van der Waals surface area contributed by atoms with Gasteiger partial charge in [0.1, 0.15) is 12.0 Å². The van der Waals surface area contributed by atoms with Gasteiger partial charge in [-0.3, -0.25) is 0 Å². The molecule has 0 saturated carbocycles. The summed E-state index contributed by atoms with van der Waals surface area (Å²) < 4.78 is 5.26. The van der Waals surface area contributed by atoms with E-state index in [0.717, 1.165) is 31.3 Å². The van der Waals surface area contributed by atoms with Crippen LogP contribution in [0.4, 0.5) is 0 Å². The molecule has 2 heteroatoms. The molecule has 0 spiro atoms. The molecule has 0 bridgehead atoms. The van der Waals surface area contributed by atoms with E-state index in [-0.39, 0.29) is 0 Å². The predicted molar refractivity (Wildman–Crippen MR) is 61.4 cm³/mol. The average molecular weight is 206 g/mol. The number of hydrogen-bond donors (Lipinski definition) is 0. The minimum atomic E-state index is 0.646. The van der Waals surface area contributed by atoms with E-state index in [0.29, 0.717) is 6.42 Å². The molecule has 1 aromatic rings. The maximum atomic E-state index is 10.2. The number of ether oxygens (including phenoxy) is 1. The second-order valence-electron chi connectivity index (χ2n) is 3.56. The molecule has 0 aliphatic carbocycles. The lowest BCUT2D eigenvalue weighted by molar-refractivity contribution is -0.107. The lowest BCUT2D eigenvalue weighted by Gasteiger charge is -2.08. The summed E-state index contributed by atoms with van der Waals surface area (Å²) in [5.74, 6) is 0.955. The van der Waals surface area contributed by atoms with Gasteiger partial charge < -0.3 is 9.53 Å². The Labute approximate surface area is 91.3 Å². The first-order valence-electron chi connectivity index (χ1n) is 5.41. The molecule has 1 aromatic carbocycles. The minimum Gasteiger partial charge on any atom is -0.496 e. The van der Waals surface area contributed by atoms with E-state index >= 15 is 0 Å². The third-order valence-electron chi connectivity index (χ3n) is 2.51. The van der Waals surface area contributed by atoms with Gasteiger partial charge in [-0.25, -0.2) is 0 Å². The van der Waals surface area contributed by atoms with Crippen LogP contribution in [-0.4, -0.2) is 13.4 Å². The van der Waals surface area contributed by atoms with E-state index in [1.807, 2.05) is 6.07 Å². The summed E-state index contributed by atoms with van der Waals surface area (Å²) in [5.41, 5.74) is 2.52. The Hall–Kier alpha value is -1.31. The van der Waals surface area contributed by atoms with E-state index in [1.165, 1.54) is 11.1 Å². The number of rotatable bonds is 6. The van der Waals surface area contributed by atoms with E-state index < -0.39 is 0 Å². The van der Waals surface area contributed by atoms with E-state index in [9.17, 15) is 4.79 Å². The molecule has 0 aliphatic rings. The largest absolute Gasteiger partial charge is 0.496 e. The molecular formula is C13H18O2. The third kappa shape index (κ3) is 3.39. The number of methoxy groups -OCH3 is 1. The topological polar surface area (TPSA) is 26.3 Å². The highest BCUT2D eigenvalue weighted by Crippen LogP contribution is 2.21. The summed E-state index contributed by atoms with van der Waals surface area (Å²) >= 11 is 0. The molecule has 0 radical (unpaired) electrons. The first kappa shape index (κ1) is 11.8. The first-order valence-corrected chi connectivity index (χ1v) is 5.41. The van der Waals surface area contributed by atoms with Gasteiger partial charge in [0.15, 0.2) is 0 Å². The molecule has 82 valence electrons. The van der Waals surface area contributed by atoms with Gasteiger partial charge in [-0.15, -0.1) is 0 Å². The summed E-state index contributed by atoms with van der Waals surface area (Å²) in [4.78, 5) is 10.2. The summed E-state index contributed by atoms with van der Waals surface area (Å²) in [7, 11) is 1.69. The highest BCUT2D eigenvalue weighted by Gasteiger charge is 2.02. The smallest absolute Gasteiger partial charge is 0.122 e. The van der Waals surface area contributed by atoms with Gasteiger partial charge in [0.05, 0.1) is 7.11 Å². The summed E-state index contributed by atoms with van der Waals surface area (Å²) in [6, 6.07) is 6.25. The molecule has 0 amide bonds. The van der Waals surface area contributed by atoms with Crippen molar-refractivity contribution in [1.82, 2.24) is 0 Å². The van der Waals surface area contributed by atoms with Crippen LogP contribution in [0.2, 0.25) is 0 Å². The van der Waals surface area contributed by atoms with Crippen LogP contribution in [-0.2, 0) is 17.6 Å². The van der Waals surface area contributed by atoms with Crippen molar-refractivity contribution in [2.75, 3.05) is 7.11 Å². The zero-order valence-electron chi connectivity index (χ0n) is 9.45.